The van der Waals surface area contributed by atoms with E-state index in [0.29, 0.717) is 0 Å². The summed E-state index contributed by atoms with van der Waals surface area (Å²) >= 11 is 1.69. The highest BCUT2D eigenvalue weighted by molar-refractivity contribution is 7.09. The Morgan fingerprint density at radius 2 is 2.14 bits per heavy atom. The molecule has 2 heterocycles. The number of aromatic nitrogens is 1. The second-order valence-electron chi connectivity index (χ2n) is 3.10. The highest BCUT2D eigenvalue weighted by Crippen LogP contribution is 2.24. The van der Waals surface area contributed by atoms with E-state index in [0.717, 1.165) is 35.1 Å². The molecule has 0 unspecified atom stereocenters. The van der Waals surface area contributed by atoms with Crippen LogP contribution in [0, 0.1) is 0 Å². The van der Waals surface area contributed by atoms with Gasteiger partial charge in [-0.1, -0.05) is 13.8 Å². The van der Waals surface area contributed by atoms with Crippen LogP contribution in [0.5, 0.6) is 0 Å². The Bertz CT molecular complexity index is 376. The molecule has 0 atom stereocenters. The van der Waals surface area contributed by atoms with Crippen LogP contribution in [-0.4, -0.2) is 4.98 Å². The summed E-state index contributed by atoms with van der Waals surface area (Å²) in [5.41, 5.74) is 0.964. The predicted molar refractivity (Wildman–Crippen MR) is 58.6 cm³/mol. The van der Waals surface area contributed by atoms with Crippen LogP contribution in [0.1, 0.15) is 24.6 Å². The first kappa shape index (κ1) is 9.46. The van der Waals surface area contributed by atoms with Gasteiger partial charge in [-0.05, 0) is 18.6 Å². The first-order chi connectivity index (χ1) is 6.83. The van der Waals surface area contributed by atoms with Gasteiger partial charge in [0.15, 0.2) is 5.76 Å². The van der Waals surface area contributed by atoms with E-state index in [2.05, 4.69) is 24.2 Å². The lowest BCUT2D eigenvalue weighted by atomic mass is 10.3. The standard InChI is InChI=1S/C11H13NOS/c1-3-8-5-6-10(13-8)9-7-14-11(4-2)12-9/h5-7H,3-4H2,1-2H3. The maximum Gasteiger partial charge on any atom is 0.153 e. The fraction of sp³-hybridized carbons (Fsp3) is 0.364. The van der Waals surface area contributed by atoms with Gasteiger partial charge in [0.25, 0.3) is 0 Å². The Labute approximate surface area is 87.6 Å². The molecule has 0 radical (unpaired) electrons. The van der Waals surface area contributed by atoms with Gasteiger partial charge in [-0.3, -0.25) is 0 Å². The molecule has 0 aliphatic heterocycles. The third kappa shape index (κ3) is 1.73. The Kier molecular flexibility index (Phi) is 2.68. The molecule has 0 saturated carbocycles. The SMILES string of the molecule is CCc1ccc(-c2csc(CC)n2)o1. The molecule has 0 saturated heterocycles. The van der Waals surface area contributed by atoms with Crippen LogP contribution in [0.15, 0.2) is 21.9 Å². The molecule has 2 aromatic heterocycles. The van der Waals surface area contributed by atoms with Crippen molar-refractivity contribution in [2.45, 2.75) is 26.7 Å². The van der Waals surface area contributed by atoms with Gasteiger partial charge in [0.1, 0.15) is 11.5 Å². The van der Waals surface area contributed by atoms with Crippen LogP contribution < -0.4 is 0 Å². The Balaban J connectivity index is 2.29. The van der Waals surface area contributed by atoms with Crippen LogP contribution in [0.4, 0.5) is 0 Å². The molecule has 0 aromatic carbocycles. The molecule has 74 valence electrons. The van der Waals surface area contributed by atoms with Crippen molar-refractivity contribution in [1.29, 1.82) is 0 Å². The molecule has 0 bridgehead atoms. The zero-order valence-electron chi connectivity index (χ0n) is 8.41. The van der Waals surface area contributed by atoms with Gasteiger partial charge in [-0.15, -0.1) is 11.3 Å². The van der Waals surface area contributed by atoms with Crippen LogP contribution in [0.3, 0.4) is 0 Å². The molecular formula is C11H13NOS. The number of hydrogen-bond donors (Lipinski definition) is 0. The molecule has 0 aliphatic carbocycles. The van der Waals surface area contributed by atoms with Crippen LogP contribution in [0.25, 0.3) is 11.5 Å². The zero-order chi connectivity index (χ0) is 9.97. The summed E-state index contributed by atoms with van der Waals surface area (Å²) in [6, 6.07) is 4.01. The number of furan rings is 1. The Hall–Kier alpha value is -1.09. The maximum atomic E-state index is 5.62. The van der Waals surface area contributed by atoms with E-state index in [1.54, 1.807) is 11.3 Å². The monoisotopic (exact) mass is 207 g/mol. The molecule has 3 heteroatoms. The van der Waals surface area contributed by atoms with E-state index in [1.165, 1.54) is 0 Å². The highest BCUT2D eigenvalue weighted by Gasteiger charge is 2.07. The van der Waals surface area contributed by atoms with E-state index < -0.39 is 0 Å². The molecule has 0 amide bonds. The zero-order valence-corrected chi connectivity index (χ0v) is 9.23. The summed E-state index contributed by atoms with van der Waals surface area (Å²) in [6.07, 6.45) is 1.93. The van der Waals surface area contributed by atoms with Crippen LogP contribution in [-0.2, 0) is 12.8 Å². The largest absolute Gasteiger partial charge is 0.459 e. The summed E-state index contributed by atoms with van der Waals surface area (Å²) in [4.78, 5) is 4.47. The van der Waals surface area contributed by atoms with Gasteiger partial charge in [-0.2, -0.15) is 0 Å². The minimum absolute atomic E-state index is 0.887. The van der Waals surface area contributed by atoms with Gasteiger partial charge >= 0.3 is 0 Å². The van der Waals surface area contributed by atoms with E-state index in [-0.39, 0.29) is 0 Å². The molecule has 0 fully saturated rings. The van der Waals surface area contributed by atoms with E-state index in [4.69, 9.17) is 4.42 Å². The minimum Gasteiger partial charge on any atom is -0.459 e. The van der Waals surface area contributed by atoms with Crippen molar-refractivity contribution < 1.29 is 4.42 Å². The van der Waals surface area contributed by atoms with Gasteiger partial charge in [0.05, 0.1) is 5.01 Å². The van der Waals surface area contributed by atoms with Gasteiger partial charge in [-0.25, -0.2) is 4.98 Å². The predicted octanol–water partition coefficient (Wildman–Crippen LogP) is 3.53. The van der Waals surface area contributed by atoms with Crippen molar-refractivity contribution in [1.82, 2.24) is 4.98 Å². The second-order valence-corrected chi connectivity index (χ2v) is 4.04. The number of hydrogen-bond acceptors (Lipinski definition) is 3. The third-order valence-electron chi connectivity index (χ3n) is 2.12. The summed E-state index contributed by atoms with van der Waals surface area (Å²) in [5.74, 6) is 1.91. The molecule has 0 aliphatic rings. The highest BCUT2D eigenvalue weighted by atomic mass is 32.1. The Morgan fingerprint density at radius 3 is 2.71 bits per heavy atom. The van der Waals surface area contributed by atoms with Crippen molar-refractivity contribution in [2.24, 2.45) is 0 Å². The van der Waals surface area contributed by atoms with Crippen molar-refractivity contribution in [3.05, 3.63) is 28.3 Å². The van der Waals surface area contributed by atoms with E-state index in [9.17, 15) is 0 Å². The van der Waals surface area contributed by atoms with Gasteiger partial charge in [0.2, 0.25) is 0 Å². The lowest BCUT2D eigenvalue weighted by molar-refractivity contribution is 0.528. The molecule has 2 rings (SSSR count). The average Bonchev–Trinajstić information content (AvgIpc) is 2.86. The van der Waals surface area contributed by atoms with Crippen molar-refractivity contribution in [2.75, 3.05) is 0 Å². The number of nitrogens with zero attached hydrogens (tertiary/aromatic N) is 1. The lowest BCUT2D eigenvalue weighted by Crippen LogP contribution is -1.78. The summed E-state index contributed by atoms with van der Waals surface area (Å²) in [6.45, 7) is 4.20. The minimum atomic E-state index is 0.887. The first-order valence-corrected chi connectivity index (χ1v) is 5.75. The molecular weight excluding hydrogens is 194 g/mol. The van der Waals surface area contributed by atoms with Crippen LogP contribution in [0.2, 0.25) is 0 Å². The summed E-state index contributed by atoms with van der Waals surface area (Å²) in [5, 5.41) is 3.21. The summed E-state index contributed by atoms with van der Waals surface area (Å²) in [7, 11) is 0. The molecule has 2 nitrogen and oxygen atoms in total. The van der Waals surface area contributed by atoms with E-state index in [1.807, 2.05) is 12.1 Å². The van der Waals surface area contributed by atoms with Crippen molar-refractivity contribution in [3.63, 3.8) is 0 Å². The fourth-order valence-corrected chi connectivity index (χ4v) is 2.03. The quantitative estimate of drug-likeness (QED) is 0.769. The molecule has 14 heavy (non-hydrogen) atoms. The molecule has 0 N–H and O–H groups in total. The molecule has 0 spiro atoms. The number of rotatable bonds is 3. The van der Waals surface area contributed by atoms with Crippen LogP contribution >= 0.6 is 11.3 Å². The normalized spacial score (nSPS) is 10.7. The first-order valence-electron chi connectivity index (χ1n) is 4.87. The second kappa shape index (κ2) is 3.96. The number of thiazole rings is 1. The topological polar surface area (TPSA) is 26.0 Å². The van der Waals surface area contributed by atoms with Crippen molar-refractivity contribution >= 4 is 11.3 Å². The number of aryl methyl sites for hydroxylation is 2. The van der Waals surface area contributed by atoms with Gasteiger partial charge < -0.3 is 4.42 Å². The molecule has 2 aromatic rings. The van der Waals surface area contributed by atoms with E-state index >= 15 is 0 Å². The summed E-state index contributed by atoms with van der Waals surface area (Å²) < 4.78 is 5.62. The Morgan fingerprint density at radius 1 is 1.29 bits per heavy atom. The maximum absolute atomic E-state index is 5.62. The lowest BCUT2D eigenvalue weighted by Gasteiger charge is -1.89. The van der Waals surface area contributed by atoms with Gasteiger partial charge in [0, 0.05) is 11.8 Å². The van der Waals surface area contributed by atoms with Crippen molar-refractivity contribution in [3.8, 4) is 11.5 Å². The smallest absolute Gasteiger partial charge is 0.153 e. The fourth-order valence-electron chi connectivity index (χ4n) is 1.29. The average molecular weight is 207 g/mol. The third-order valence-corrected chi connectivity index (χ3v) is 3.11.